The second-order valence-corrected chi connectivity index (χ2v) is 7.25. The minimum atomic E-state index is -3.41. The van der Waals surface area contributed by atoms with E-state index in [1.54, 1.807) is 0 Å². The van der Waals surface area contributed by atoms with Crippen LogP contribution in [-0.4, -0.2) is 42.9 Å². The first kappa shape index (κ1) is 14.9. The normalized spacial score (nSPS) is 26.3. The lowest BCUT2D eigenvalue weighted by Crippen LogP contribution is -2.45. The molecule has 3 atom stereocenters. The van der Waals surface area contributed by atoms with Crippen molar-refractivity contribution in [3.8, 4) is 0 Å². The van der Waals surface area contributed by atoms with Crippen molar-refractivity contribution in [1.29, 1.82) is 0 Å². The Bertz CT molecular complexity index is 431. The van der Waals surface area contributed by atoms with E-state index in [0.29, 0.717) is 19.3 Å². The summed E-state index contributed by atoms with van der Waals surface area (Å²) in [4.78, 5) is 22.6. The molecule has 0 saturated heterocycles. The first-order valence-electron chi connectivity index (χ1n) is 5.94. The molecule has 6 nitrogen and oxygen atoms in total. The molecule has 1 saturated carbocycles. The molecule has 0 aromatic rings. The second-order valence-electron chi connectivity index (χ2n) is 4.88. The van der Waals surface area contributed by atoms with Crippen LogP contribution in [0.3, 0.4) is 0 Å². The molecule has 0 aromatic carbocycles. The van der Waals surface area contributed by atoms with E-state index in [4.69, 9.17) is 5.11 Å². The number of hydrogen-bond acceptors (Lipinski definition) is 4. The van der Waals surface area contributed by atoms with E-state index in [9.17, 15) is 18.0 Å². The summed E-state index contributed by atoms with van der Waals surface area (Å²) in [7, 11) is -3.41. The van der Waals surface area contributed by atoms with E-state index in [2.05, 4.69) is 5.32 Å². The third-order valence-corrected chi connectivity index (χ3v) is 4.88. The quantitative estimate of drug-likeness (QED) is 0.763. The van der Waals surface area contributed by atoms with Crippen molar-refractivity contribution >= 4 is 21.7 Å². The fourth-order valence-corrected chi connectivity index (χ4v) is 2.52. The van der Waals surface area contributed by atoms with Gasteiger partial charge in [0, 0.05) is 12.3 Å². The van der Waals surface area contributed by atoms with Crippen LogP contribution < -0.4 is 5.32 Å². The molecule has 104 valence electrons. The molecule has 1 amide bonds. The van der Waals surface area contributed by atoms with Crippen LogP contribution in [0.25, 0.3) is 0 Å². The first-order chi connectivity index (χ1) is 8.21. The van der Waals surface area contributed by atoms with Crippen LogP contribution in [0.15, 0.2) is 0 Å². The van der Waals surface area contributed by atoms with Crippen LogP contribution >= 0.6 is 0 Å². The lowest BCUT2D eigenvalue weighted by atomic mass is 9.86. The summed E-state index contributed by atoms with van der Waals surface area (Å²) < 4.78 is 22.5. The molecule has 18 heavy (non-hydrogen) atoms. The zero-order valence-electron chi connectivity index (χ0n) is 10.5. The molecule has 0 radical (unpaired) electrons. The van der Waals surface area contributed by atoms with Crippen molar-refractivity contribution < 1.29 is 23.1 Å². The Hall–Kier alpha value is -1.11. The van der Waals surface area contributed by atoms with Gasteiger partial charge in [-0.15, -0.1) is 0 Å². The van der Waals surface area contributed by atoms with Crippen LogP contribution in [0.2, 0.25) is 0 Å². The highest BCUT2D eigenvalue weighted by Crippen LogP contribution is 2.24. The van der Waals surface area contributed by atoms with Gasteiger partial charge in [0.2, 0.25) is 5.91 Å². The molecular formula is C11H19NO5S. The minimum absolute atomic E-state index is 0.239. The Morgan fingerprint density at radius 1 is 1.33 bits per heavy atom. The lowest BCUT2D eigenvalue weighted by Gasteiger charge is -2.28. The topological polar surface area (TPSA) is 101 Å². The van der Waals surface area contributed by atoms with E-state index in [0.717, 1.165) is 12.7 Å². The number of nitrogens with one attached hydrogen (secondary N) is 1. The Morgan fingerprint density at radius 2 is 1.94 bits per heavy atom. The molecule has 0 heterocycles. The van der Waals surface area contributed by atoms with Gasteiger partial charge in [-0.25, -0.2) is 8.42 Å². The number of carboxylic acid groups (broad SMARTS) is 1. The Kier molecular flexibility index (Phi) is 4.72. The fraction of sp³-hybridized carbons (Fsp3) is 0.818. The van der Waals surface area contributed by atoms with Crippen LogP contribution in [0.1, 0.15) is 32.6 Å². The van der Waals surface area contributed by atoms with Gasteiger partial charge in [0.25, 0.3) is 0 Å². The number of hydrogen-bond donors (Lipinski definition) is 2. The van der Waals surface area contributed by atoms with Crippen molar-refractivity contribution in [3.63, 3.8) is 0 Å². The van der Waals surface area contributed by atoms with E-state index in [1.165, 1.54) is 6.92 Å². The lowest BCUT2D eigenvalue weighted by molar-refractivity contribution is -0.143. The van der Waals surface area contributed by atoms with Gasteiger partial charge in [0.15, 0.2) is 9.84 Å². The highest BCUT2D eigenvalue weighted by molar-refractivity contribution is 7.92. The van der Waals surface area contributed by atoms with Gasteiger partial charge in [0.1, 0.15) is 5.25 Å². The standard InChI is InChI=1S/C11H19NO5S/c1-7(18(2,16)17)10(13)12-9-5-3-4-8(6-9)11(14)15/h7-9H,3-6H2,1-2H3,(H,12,13)(H,14,15). The summed E-state index contributed by atoms with van der Waals surface area (Å²) in [5.74, 6) is -1.85. The molecule has 7 heteroatoms. The smallest absolute Gasteiger partial charge is 0.306 e. The molecule has 0 aliphatic heterocycles. The van der Waals surface area contributed by atoms with Gasteiger partial charge in [-0.1, -0.05) is 6.42 Å². The number of carbonyl (C=O) groups is 2. The third kappa shape index (κ3) is 3.97. The van der Waals surface area contributed by atoms with Crippen molar-refractivity contribution in [2.24, 2.45) is 5.92 Å². The number of carbonyl (C=O) groups excluding carboxylic acids is 1. The number of carboxylic acids is 1. The van der Waals surface area contributed by atoms with Gasteiger partial charge in [-0.05, 0) is 26.2 Å². The number of aliphatic carboxylic acids is 1. The average Bonchev–Trinajstić information content (AvgIpc) is 2.27. The van der Waals surface area contributed by atoms with Gasteiger partial charge in [0.05, 0.1) is 5.92 Å². The molecule has 1 aliphatic carbocycles. The Labute approximate surface area is 107 Å². The highest BCUT2D eigenvalue weighted by atomic mass is 32.2. The van der Waals surface area contributed by atoms with Crippen LogP contribution in [-0.2, 0) is 19.4 Å². The Morgan fingerprint density at radius 3 is 2.44 bits per heavy atom. The first-order valence-corrected chi connectivity index (χ1v) is 7.89. The summed E-state index contributed by atoms with van der Waals surface area (Å²) in [6.45, 7) is 1.34. The van der Waals surface area contributed by atoms with Crippen LogP contribution in [0, 0.1) is 5.92 Å². The van der Waals surface area contributed by atoms with Crippen molar-refractivity contribution in [2.45, 2.75) is 43.9 Å². The second kappa shape index (κ2) is 5.69. The Balaban J connectivity index is 2.57. The van der Waals surface area contributed by atoms with E-state index < -0.39 is 32.9 Å². The van der Waals surface area contributed by atoms with E-state index >= 15 is 0 Å². The predicted molar refractivity (Wildman–Crippen MR) is 65.8 cm³/mol. The molecule has 0 bridgehead atoms. The van der Waals surface area contributed by atoms with Gasteiger partial charge in [-0.2, -0.15) is 0 Å². The molecule has 1 rings (SSSR count). The fourth-order valence-electron chi connectivity index (χ4n) is 2.06. The molecule has 3 unspecified atom stereocenters. The van der Waals surface area contributed by atoms with Crippen molar-refractivity contribution in [2.75, 3.05) is 6.26 Å². The molecular weight excluding hydrogens is 258 g/mol. The SMILES string of the molecule is CC(C(=O)NC1CCCC(C(=O)O)C1)S(C)(=O)=O. The molecule has 1 fully saturated rings. The number of amides is 1. The third-order valence-electron chi connectivity index (χ3n) is 3.38. The van der Waals surface area contributed by atoms with E-state index in [1.807, 2.05) is 0 Å². The highest BCUT2D eigenvalue weighted by Gasteiger charge is 2.30. The monoisotopic (exact) mass is 277 g/mol. The summed E-state index contributed by atoms with van der Waals surface area (Å²) >= 11 is 0. The maximum atomic E-state index is 11.7. The van der Waals surface area contributed by atoms with Crippen molar-refractivity contribution in [3.05, 3.63) is 0 Å². The maximum Gasteiger partial charge on any atom is 0.306 e. The van der Waals surface area contributed by atoms with Crippen molar-refractivity contribution in [1.82, 2.24) is 5.32 Å². The molecule has 1 aliphatic rings. The van der Waals surface area contributed by atoms with Gasteiger partial charge >= 0.3 is 5.97 Å². The van der Waals surface area contributed by atoms with Gasteiger partial charge in [-0.3, -0.25) is 9.59 Å². The largest absolute Gasteiger partial charge is 0.481 e. The van der Waals surface area contributed by atoms with Crippen LogP contribution in [0.5, 0.6) is 0 Å². The maximum absolute atomic E-state index is 11.7. The molecule has 0 aromatic heterocycles. The average molecular weight is 277 g/mol. The van der Waals surface area contributed by atoms with Crippen LogP contribution in [0.4, 0.5) is 0 Å². The summed E-state index contributed by atoms with van der Waals surface area (Å²) in [6, 6.07) is -0.239. The zero-order chi connectivity index (χ0) is 13.9. The number of rotatable bonds is 4. The molecule has 2 N–H and O–H groups in total. The summed E-state index contributed by atoms with van der Waals surface area (Å²) in [5.41, 5.74) is 0. The van der Waals surface area contributed by atoms with E-state index in [-0.39, 0.29) is 6.04 Å². The number of sulfone groups is 1. The summed E-state index contributed by atoms with van der Waals surface area (Å²) in [6.07, 6.45) is 3.43. The predicted octanol–water partition coefficient (Wildman–Crippen LogP) is 0.179. The zero-order valence-corrected chi connectivity index (χ0v) is 11.4. The summed E-state index contributed by atoms with van der Waals surface area (Å²) in [5, 5.41) is 10.5. The van der Waals surface area contributed by atoms with Gasteiger partial charge < -0.3 is 10.4 Å². The molecule has 0 spiro atoms. The minimum Gasteiger partial charge on any atom is -0.481 e.